The number of aromatic nitrogens is 2. The Morgan fingerprint density at radius 3 is 2.67 bits per heavy atom. The van der Waals surface area contributed by atoms with Gasteiger partial charge < -0.3 is 4.42 Å². The van der Waals surface area contributed by atoms with Gasteiger partial charge in [0.15, 0.2) is 0 Å². The third-order valence-electron chi connectivity index (χ3n) is 2.27. The Bertz CT molecular complexity index is 587. The number of rotatable bonds is 1. The van der Waals surface area contributed by atoms with Crippen LogP contribution < -0.4 is 0 Å². The van der Waals surface area contributed by atoms with Crippen molar-refractivity contribution in [2.45, 2.75) is 0 Å². The minimum Gasteiger partial charge on any atom is -0.472 e. The molecule has 1 aromatic carbocycles. The van der Waals surface area contributed by atoms with E-state index in [0.29, 0.717) is 0 Å². The fourth-order valence-electron chi connectivity index (χ4n) is 1.51. The Morgan fingerprint density at radius 2 is 1.87 bits per heavy atom. The molecular weight excluding hydrogens is 188 g/mol. The molecule has 15 heavy (non-hydrogen) atoms. The lowest BCUT2D eigenvalue weighted by Gasteiger charge is -1.98. The van der Waals surface area contributed by atoms with Crippen LogP contribution in [0, 0.1) is 0 Å². The van der Waals surface area contributed by atoms with Crippen LogP contribution in [0.15, 0.2) is 53.5 Å². The smallest absolute Gasteiger partial charge is 0.0997 e. The van der Waals surface area contributed by atoms with Crippen molar-refractivity contribution in [3.63, 3.8) is 0 Å². The molecule has 0 aliphatic heterocycles. The predicted octanol–water partition coefficient (Wildman–Crippen LogP) is 2.89. The maximum atomic E-state index is 5.01. The lowest BCUT2D eigenvalue weighted by molar-refractivity contribution is 0.568. The van der Waals surface area contributed by atoms with Crippen molar-refractivity contribution >= 4 is 11.0 Å². The van der Waals surface area contributed by atoms with Crippen LogP contribution in [0.5, 0.6) is 0 Å². The van der Waals surface area contributed by atoms with Crippen LogP contribution in [0.25, 0.3) is 22.3 Å². The van der Waals surface area contributed by atoms with Crippen molar-refractivity contribution in [3.8, 4) is 11.3 Å². The molecule has 0 saturated carbocycles. The molecule has 3 heteroatoms. The van der Waals surface area contributed by atoms with Crippen LogP contribution in [0.4, 0.5) is 0 Å². The van der Waals surface area contributed by atoms with Gasteiger partial charge in [0.25, 0.3) is 0 Å². The number of furan rings is 1. The predicted molar refractivity (Wildman–Crippen MR) is 57.2 cm³/mol. The highest BCUT2D eigenvalue weighted by atomic mass is 16.3. The van der Waals surface area contributed by atoms with Gasteiger partial charge in [-0.3, -0.25) is 4.98 Å². The van der Waals surface area contributed by atoms with Gasteiger partial charge in [-0.1, -0.05) is 12.1 Å². The molecule has 0 spiro atoms. The van der Waals surface area contributed by atoms with E-state index in [2.05, 4.69) is 9.97 Å². The van der Waals surface area contributed by atoms with E-state index in [0.717, 1.165) is 22.3 Å². The van der Waals surface area contributed by atoms with Crippen molar-refractivity contribution in [1.29, 1.82) is 0 Å². The van der Waals surface area contributed by atoms with Crippen molar-refractivity contribution in [1.82, 2.24) is 9.97 Å². The summed E-state index contributed by atoms with van der Waals surface area (Å²) in [5, 5.41) is 0. The molecule has 72 valence electrons. The lowest BCUT2D eigenvalue weighted by atomic mass is 10.2. The van der Waals surface area contributed by atoms with Crippen LogP contribution in [-0.4, -0.2) is 9.97 Å². The summed E-state index contributed by atoms with van der Waals surface area (Å²) in [6, 6.07) is 9.68. The second-order valence-electron chi connectivity index (χ2n) is 3.26. The van der Waals surface area contributed by atoms with E-state index in [1.807, 2.05) is 30.3 Å². The average molecular weight is 196 g/mol. The summed E-state index contributed by atoms with van der Waals surface area (Å²) < 4.78 is 5.01. The van der Waals surface area contributed by atoms with E-state index in [-0.39, 0.29) is 0 Å². The van der Waals surface area contributed by atoms with Crippen LogP contribution in [0.3, 0.4) is 0 Å². The normalized spacial score (nSPS) is 10.7. The number of fused-ring (bicyclic) bond motifs is 1. The maximum absolute atomic E-state index is 5.01. The summed E-state index contributed by atoms with van der Waals surface area (Å²) in [5.74, 6) is 0. The zero-order chi connectivity index (χ0) is 10.1. The zero-order valence-electron chi connectivity index (χ0n) is 7.92. The summed E-state index contributed by atoms with van der Waals surface area (Å²) in [6.07, 6.45) is 5.05. The Hall–Kier alpha value is -2.16. The molecule has 0 amide bonds. The molecule has 0 atom stereocenters. The van der Waals surface area contributed by atoms with Crippen LogP contribution in [-0.2, 0) is 0 Å². The lowest BCUT2D eigenvalue weighted by Crippen LogP contribution is -1.86. The van der Waals surface area contributed by atoms with Gasteiger partial charge in [-0.05, 0) is 18.2 Å². The molecule has 0 radical (unpaired) electrons. The Balaban J connectivity index is 2.22. The topological polar surface area (TPSA) is 38.9 Å². The fourth-order valence-corrected chi connectivity index (χ4v) is 1.51. The second kappa shape index (κ2) is 3.20. The van der Waals surface area contributed by atoms with Crippen molar-refractivity contribution in [2.24, 2.45) is 0 Å². The summed E-state index contributed by atoms with van der Waals surface area (Å²) >= 11 is 0. The first-order chi connectivity index (χ1) is 7.43. The summed E-state index contributed by atoms with van der Waals surface area (Å²) in [6.45, 7) is 0. The molecule has 3 aromatic rings. The van der Waals surface area contributed by atoms with Crippen LogP contribution >= 0.6 is 0 Å². The zero-order valence-corrected chi connectivity index (χ0v) is 7.92. The minimum absolute atomic E-state index is 0.836. The highest BCUT2D eigenvalue weighted by Gasteiger charge is 2.02. The Labute approximate surface area is 86.4 Å². The third-order valence-corrected chi connectivity index (χ3v) is 2.27. The maximum Gasteiger partial charge on any atom is 0.0997 e. The van der Waals surface area contributed by atoms with E-state index in [1.54, 1.807) is 18.7 Å². The molecule has 2 heterocycles. The molecular formula is C12H8N2O. The van der Waals surface area contributed by atoms with Gasteiger partial charge in [-0.25, -0.2) is 4.98 Å². The van der Waals surface area contributed by atoms with Crippen molar-refractivity contribution < 1.29 is 4.42 Å². The Morgan fingerprint density at radius 1 is 1.00 bits per heavy atom. The van der Waals surface area contributed by atoms with Gasteiger partial charge in [-0.15, -0.1) is 0 Å². The third kappa shape index (κ3) is 1.38. The van der Waals surface area contributed by atoms with Gasteiger partial charge in [0.2, 0.25) is 0 Å². The molecule has 0 unspecified atom stereocenters. The Kier molecular flexibility index (Phi) is 1.75. The van der Waals surface area contributed by atoms with E-state index < -0.39 is 0 Å². The number of nitrogens with zero attached hydrogens (tertiary/aromatic N) is 2. The summed E-state index contributed by atoms with van der Waals surface area (Å²) in [7, 11) is 0. The first-order valence-electron chi connectivity index (χ1n) is 4.68. The first-order valence-corrected chi connectivity index (χ1v) is 4.68. The molecule has 0 fully saturated rings. The van der Waals surface area contributed by atoms with E-state index >= 15 is 0 Å². The van der Waals surface area contributed by atoms with E-state index in [1.165, 1.54) is 0 Å². The first kappa shape index (κ1) is 8.17. The number of benzene rings is 1. The monoisotopic (exact) mass is 196 g/mol. The van der Waals surface area contributed by atoms with Crippen LogP contribution in [0.2, 0.25) is 0 Å². The minimum atomic E-state index is 0.836. The molecule has 2 aromatic heterocycles. The molecule has 0 aliphatic rings. The van der Waals surface area contributed by atoms with Gasteiger partial charge in [0.1, 0.15) is 0 Å². The van der Waals surface area contributed by atoms with Crippen molar-refractivity contribution in [3.05, 3.63) is 49.1 Å². The highest BCUT2D eigenvalue weighted by molar-refractivity contribution is 5.76. The molecule has 0 aliphatic carbocycles. The fraction of sp³-hybridized carbons (Fsp3) is 0. The molecule has 3 rings (SSSR count). The van der Waals surface area contributed by atoms with Crippen LogP contribution in [0.1, 0.15) is 0 Å². The number of hydrogen-bond acceptors (Lipinski definition) is 3. The number of hydrogen-bond donors (Lipinski definition) is 0. The quantitative estimate of drug-likeness (QED) is 0.600. The summed E-state index contributed by atoms with van der Waals surface area (Å²) in [4.78, 5) is 8.83. The second-order valence-corrected chi connectivity index (χ2v) is 3.26. The molecule has 0 N–H and O–H groups in total. The van der Waals surface area contributed by atoms with Gasteiger partial charge in [0, 0.05) is 5.56 Å². The number of para-hydroxylation sites is 2. The van der Waals surface area contributed by atoms with Gasteiger partial charge in [-0.2, -0.15) is 0 Å². The standard InChI is InChI=1S/C12H8N2O/c1-2-4-11-10(3-1)13-7-12(14-11)9-5-6-15-8-9/h1-8H. The highest BCUT2D eigenvalue weighted by Crippen LogP contribution is 2.18. The molecule has 3 nitrogen and oxygen atoms in total. The molecule has 0 saturated heterocycles. The molecule has 0 bridgehead atoms. The average Bonchev–Trinajstić information content (AvgIpc) is 2.82. The van der Waals surface area contributed by atoms with Gasteiger partial charge in [0.05, 0.1) is 35.5 Å². The van der Waals surface area contributed by atoms with E-state index in [9.17, 15) is 0 Å². The largest absolute Gasteiger partial charge is 0.472 e. The van der Waals surface area contributed by atoms with E-state index in [4.69, 9.17) is 4.42 Å². The van der Waals surface area contributed by atoms with Crippen molar-refractivity contribution in [2.75, 3.05) is 0 Å². The van der Waals surface area contributed by atoms with Gasteiger partial charge >= 0.3 is 0 Å². The SMILES string of the molecule is c1ccc2nc(-c3ccoc3)cnc2c1. The summed E-state index contributed by atoms with van der Waals surface area (Å²) in [5.41, 5.74) is 3.59.